The van der Waals surface area contributed by atoms with Gasteiger partial charge in [0.15, 0.2) is 0 Å². The molecule has 0 amide bonds. The highest BCUT2D eigenvalue weighted by Crippen LogP contribution is 2.45. The summed E-state index contributed by atoms with van der Waals surface area (Å²) in [6, 6.07) is 0. The number of nitrogens with one attached hydrogen (secondary N) is 1. The van der Waals surface area contributed by atoms with Gasteiger partial charge >= 0.3 is 12.4 Å². The Labute approximate surface area is 167 Å². The molecule has 0 unspecified atom stereocenters. The molecule has 2 N–H and O–H groups in total. The minimum Gasteiger partial charge on any atom is -0.373 e. The molecular weight excluding hydrogens is 402 g/mol. The lowest BCUT2D eigenvalue weighted by molar-refractivity contribution is -0.365. The van der Waals surface area contributed by atoms with E-state index in [2.05, 4.69) is 10.5 Å². The van der Waals surface area contributed by atoms with E-state index in [-0.39, 0.29) is 12.3 Å². The van der Waals surface area contributed by atoms with Crippen LogP contribution in [0.5, 0.6) is 0 Å². The first-order valence-corrected chi connectivity index (χ1v) is 10.2. The molecule has 0 aromatic rings. The van der Waals surface area contributed by atoms with E-state index in [0.29, 0.717) is 26.2 Å². The van der Waals surface area contributed by atoms with Gasteiger partial charge in [0.2, 0.25) is 0 Å². The zero-order chi connectivity index (χ0) is 21.5. The summed E-state index contributed by atoms with van der Waals surface area (Å²) in [5, 5.41) is 17.1. The zero-order valence-corrected chi connectivity index (χ0v) is 16.5. The third kappa shape index (κ3) is 6.99. The summed E-state index contributed by atoms with van der Waals surface area (Å²) in [6.45, 7) is 2.01. The molecule has 0 aliphatic carbocycles. The molecule has 5 nitrogen and oxygen atoms in total. The van der Waals surface area contributed by atoms with Gasteiger partial charge in [-0.2, -0.15) is 31.4 Å². The van der Waals surface area contributed by atoms with Gasteiger partial charge in [-0.1, -0.05) is 25.7 Å². The number of hydrazine groups is 1. The molecule has 0 spiro atoms. The maximum absolute atomic E-state index is 13.2. The Morgan fingerprint density at radius 3 is 1.66 bits per heavy atom. The molecule has 0 saturated carbocycles. The third-order valence-electron chi connectivity index (χ3n) is 5.38. The molecule has 0 radical (unpaired) electrons. The molecule has 11 heteroatoms. The summed E-state index contributed by atoms with van der Waals surface area (Å²) >= 11 is 0. The van der Waals surface area contributed by atoms with E-state index in [0.717, 1.165) is 51.4 Å². The molecule has 0 atom stereocenters. The highest BCUT2D eigenvalue weighted by Gasteiger charge is 2.70. The number of hydrogen-bond donors (Lipinski definition) is 2. The van der Waals surface area contributed by atoms with Crippen LogP contribution < -0.4 is 5.43 Å². The Morgan fingerprint density at radius 1 is 0.759 bits per heavy atom. The molecule has 29 heavy (non-hydrogen) atoms. The van der Waals surface area contributed by atoms with Gasteiger partial charge < -0.3 is 5.11 Å². The van der Waals surface area contributed by atoms with Crippen molar-refractivity contribution in [1.82, 2.24) is 15.4 Å². The van der Waals surface area contributed by atoms with Gasteiger partial charge in [0.1, 0.15) is 0 Å². The first-order valence-electron chi connectivity index (χ1n) is 10.2. The van der Waals surface area contributed by atoms with Gasteiger partial charge in [0, 0.05) is 32.6 Å². The smallest absolute Gasteiger partial charge is 0.373 e. The third-order valence-corrected chi connectivity index (χ3v) is 5.38. The summed E-state index contributed by atoms with van der Waals surface area (Å²) in [6.07, 6.45) is -6.02. The lowest BCUT2D eigenvalue weighted by Gasteiger charge is -2.33. The van der Waals surface area contributed by atoms with E-state index in [9.17, 15) is 31.4 Å². The molecule has 0 bridgehead atoms. The maximum atomic E-state index is 13.2. The van der Waals surface area contributed by atoms with Crippen molar-refractivity contribution in [2.45, 2.75) is 75.7 Å². The average molecular weight is 432 g/mol. The highest BCUT2D eigenvalue weighted by atomic mass is 19.4. The summed E-state index contributed by atoms with van der Waals surface area (Å²) < 4.78 is 79.1. The number of halogens is 6. The van der Waals surface area contributed by atoms with Crippen LogP contribution in [0.2, 0.25) is 0 Å². The van der Waals surface area contributed by atoms with Crippen LogP contribution in [0.1, 0.15) is 57.8 Å². The normalized spacial score (nSPS) is 21.8. The van der Waals surface area contributed by atoms with Gasteiger partial charge in [-0.15, -0.1) is 0 Å². The van der Waals surface area contributed by atoms with Crippen molar-refractivity contribution >= 4 is 5.71 Å². The first kappa shape index (κ1) is 24.2. The molecule has 2 saturated heterocycles. The van der Waals surface area contributed by atoms with Gasteiger partial charge in [0.05, 0.1) is 12.3 Å². The zero-order valence-electron chi connectivity index (χ0n) is 16.5. The number of aliphatic hydroxyl groups is 1. The fraction of sp³-hybridized carbons (Fsp3) is 0.944. The molecule has 0 aromatic carbocycles. The molecule has 2 fully saturated rings. The van der Waals surface area contributed by atoms with Crippen molar-refractivity contribution in [2.75, 3.05) is 32.7 Å². The Kier molecular flexibility index (Phi) is 8.59. The first-order chi connectivity index (χ1) is 13.5. The monoisotopic (exact) mass is 432 g/mol. The lowest BCUT2D eigenvalue weighted by Crippen LogP contribution is -2.58. The highest BCUT2D eigenvalue weighted by molar-refractivity contribution is 5.87. The van der Waals surface area contributed by atoms with Gasteiger partial charge in [-0.25, -0.2) is 10.4 Å². The van der Waals surface area contributed by atoms with E-state index < -0.39 is 24.4 Å². The minimum atomic E-state index is -5.85. The van der Waals surface area contributed by atoms with E-state index in [4.69, 9.17) is 0 Å². The minimum absolute atomic E-state index is 0.273. The van der Waals surface area contributed by atoms with Crippen molar-refractivity contribution in [3.05, 3.63) is 0 Å². The Hall–Kier alpha value is -1.07. The molecule has 2 aliphatic rings. The number of nitrogens with zero attached hydrogens (tertiary/aromatic N) is 3. The molecule has 2 aliphatic heterocycles. The average Bonchev–Trinajstić information content (AvgIpc) is 3.02. The van der Waals surface area contributed by atoms with E-state index in [1.54, 1.807) is 0 Å². The van der Waals surface area contributed by atoms with Crippen LogP contribution in [0.3, 0.4) is 0 Å². The quantitative estimate of drug-likeness (QED) is 0.495. The summed E-state index contributed by atoms with van der Waals surface area (Å²) in [7, 11) is 0. The standard InChI is InChI=1S/C18H30F6N4O/c19-17(20,21)16(29,18(22,23)24)13-15(26-28-11-7-3-4-8-12-28)14-25-27-9-5-1-2-6-10-27/h25,29H,1-14H2/b26-15+. The predicted octanol–water partition coefficient (Wildman–Crippen LogP) is 3.84. The Morgan fingerprint density at radius 2 is 1.21 bits per heavy atom. The van der Waals surface area contributed by atoms with Crippen molar-refractivity contribution < 1.29 is 31.4 Å². The van der Waals surface area contributed by atoms with Crippen LogP contribution in [-0.4, -0.2) is 71.5 Å². The second-order valence-corrected chi connectivity index (χ2v) is 7.80. The van der Waals surface area contributed by atoms with Crippen molar-refractivity contribution in [3.63, 3.8) is 0 Å². The fourth-order valence-electron chi connectivity index (χ4n) is 3.58. The second kappa shape index (κ2) is 10.3. The molecule has 170 valence electrons. The van der Waals surface area contributed by atoms with Crippen LogP contribution >= 0.6 is 0 Å². The second-order valence-electron chi connectivity index (χ2n) is 7.80. The summed E-state index contributed by atoms with van der Waals surface area (Å²) in [4.78, 5) is 0. The van der Waals surface area contributed by atoms with Crippen molar-refractivity contribution in [2.24, 2.45) is 5.10 Å². The van der Waals surface area contributed by atoms with E-state index >= 15 is 0 Å². The van der Waals surface area contributed by atoms with Crippen LogP contribution in [0.4, 0.5) is 26.3 Å². The molecule has 2 heterocycles. The summed E-state index contributed by atoms with van der Waals surface area (Å²) in [5.41, 5.74) is -2.26. The van der Waals surface area contributed by atoms with Crippen LogP contribution in [0.25, 0.3) is 0 Å². The van der Waals surface area contributed by atoms with Crippen LogP contribution in [0, 0.1) is 0 Å². The van der Waals surface area contributed by atoms with Crippen molar-refractivity contribution in [3.8, 4) is 0 Å². The summed E-state index contributed by atoms with van der Waals surface area (Å²) in [5.74, 6) is 0. The number of hydrogen-bond acceptors (Lipinski definition) is 5. The van der Waals surface area contributed by atoms with Crippen molar-refractivity contribution in [1.29, 1.82) is 0 Å². The Balaban J connectivity index is 2.20. The van der Waals surface area contributed by atoms with Gasteiger partial charge in [-0.3, -0.25) is 5.01 Å². The number of rotatable bonds is 6. The van der Waals surface area contributed by atoms with Gasteiger partial charge in [-0.05, 0) is 25.7 Å². The fourth-order valence-corrected chi connectivity index (χ4v) is 3.58. The molecule has 0 aromatic heterocycles. The topological polar surface area (TPSA) is 51.1 Å². The Bertz CT molecular complexity index is 507. The van der Waals surface area contributed by atoms with E-state index in [1.165, 1.54) is 5.01 Å². The molecular formula is C18H30F6N4O. The SMILES string of the molecule is OC(C/C(CNN1CCCCCC1)=N\N1CCCCCC1)(C(F)(F)F)C(F)(F)F. The lowest BCUT2D eigenvalue weighted by atomic mass is 9.95. The van der Waals surface area contributed by atoms with Gasteiger partial charge in [0.25, 0.3) is 5.60 Å². The number of hydrazone groups is 1. The van der Waals surface area contributed by atoms with E-state index in [1.807, 2.05) is 5.01 Å². The maximum Gasteiger partial charge on any atom is 0.426 e. The predicted molar refractivity (Wildman–Crippen MR) is 97.2 cm³/mol. The largest absolute Gasteiger partial charge is 0.426 e. The van der Waals surface area contributed by atoms with Crippen LogP contribution in [0.15, 0.2) is 5.10 Å². The molecule has 2 rings (SSSR count). The number of alkyl halides is 6. The van der Waals surface area contributed by atoms with Crippen LogP contribution in [-0.2, 0) is 0 Å².